The van der Waals surface area contributed by atoms with Gasteiger partial charge in [0.1, 0.15) is 0 Å². The maximum Gasteiger partial charge on any atom is 0.0110 e. The normalized spacial score (nSPS) is 37.6. The Bertz CT molecular complexity index is 299. The van der Waals surface area contributed by atoms with Gasteiger partial charge in [0.15, 0.2) is 0 Å². The third-order valence-corrected chi connectivity index (χ3v) is 6.35. The highest BCUT2D eigenvalue weighted by Gasteiger charge is 2.47. The van der Waals surface area contributed by atoms with E-state index in [1.165, 1.54) is 65.2 Å². The Kier molecular flexibility index (Phi) is 4.68. The van der Waals surface area contributed by atoms with Crippen molar-refractivity contribution in [2.75, 3.05) is 52.4 Å². The minimum atomic E-state index is 0.800. The third kappa shape index (κ3) is 2.90. The molecule has 4 rings (SSSR count). The van der Waals surface area contributed by atoms with Crippen molar-refractivity contribution in [3.05, 3.63) is 0 Å². The summed E-state index contributed by atoms with van der Waals surface area (Å²) in [7, 11) is 0. The van der Waals surface area contributed by atoms with Gasteiger partial charge in [-0.3, -0.25) is 0 Å². The zero-order valence-corrected chi connectivity index (χ0v) is 13.7. The Labute approximate surface area is 125 Å². The molecular formula is C17H33N3. The molecule has 4 fully saturated rings. The second-order valence-corrected chi connectivity index (χ2v) is 7.37. The summed E-state index contributed by atoms with van der Waals surface area (Å²) >= 11 is 0. The monoisotopic (exact) mass is 279 g/mol. The van der Waals surface area contributed by atoms with Gasteiger partial charge in [-0.25, -0.2) is 0 Å². The van der Waals surface area contributed by atoms with Crippen LogP contribution < -0.4 is 0 Å². The number of piperazine rings is 1. The lowest BCUT2D eigenvalue weighted by molar-refractivity contribution is -0.0741. The van der Waals surface area contributed by atoms with Crippen molar-refractivity contribution in [3.63, 3.8) is 0 Å². The van der Waals surface area contributed by atoms with Gasteiger partial charge >= 0.3 is 0 Å². The highest BCUT2D eigenvalue weighted by atomic mass is 15.3. The van der Waals surface area contributed by atoms with E-state index in [1.54, 1.807) is 0 Å². The summed E-state index contributed by atoms with van der Waals surface area (Å²) in [5.74, 6) is 3.03. The lowest BCUT2D eigenvalue weighted by Gasteiger charge is -2.56. The molecule has 3 atom stereocenters. The van der Waals surface area contributed by atoms with E-state index in [9.17, 15) is 0 Å². The van der Waals surface area contributed by atoms with Crippen LogP contribution in [0.4, 0.5) is 0 Å². The molecule has 1 aliphatic carbocycles. The summed E-state index contributed by atoms with van der Waals surface area (Å²) in [5, 5.41) is 0. The molecule has 1 saturated carbocycles. The van der Waals surface area contributed by atoms with Crippen molar-refractivity contribution >= 4 is 0 Å². The predicted molar refractivity (Wildman–Crippen MR) is 85.0 cm³/mol. The number of piperidine rings is 2. The molecule has 3 aliphatic heterocycles. The summed E-state index contributed by atoms with van der Waals surface area (Å²) in [6.07, 6.45) is 2.83. The number of hydrogen-bond donors (Lipinski definition) is 0. The Hall–Kier alpha value is -0.120. The van der Waals surface area contributed by atoms with Gasteiger partial charge in [-0.05, 0) is 44.1 Å². The van der Waals surface area contributed by atoms with Gasteiger partial charge in [-0.15, -0.1) is 0 Å². The van der Waals surface area contributed by atoms with E-state index < -0.39 is 0 Å². The standard InChI is InChI=1S/C17H33N3/c1-4-14(3)20-11-15-10-16(12-20)17(15)13-19-8-6-18(5-2)7-9-19/h14-17H,4-13H2,1-3H3. The summed E-state index contributed by atoms with van der Waals surface area (Å²) in [6.45, 7) is 17.6. The van der Waals surface area contributed by atoms with E-state index in [-0.39, 0.29) is 0 Å². The van der Waals surface area contributed by atoms with Crippen LogP contribution in [0.25, 0.3) is 0 Å². The van der Waals surface area contributed by atoms with Crippen molar-refractivity contribution in [1.29, 1.82) is 0 Å². The van der Waals surface area contributed by atoms with E-state index in [2.05, 4.69) is 35.5 Å². The first kappa shape index (κ1) is 14.8. The number of likely N-dealkylation sites (N-methyl/N-ethyl adjacent to an activating group) is 1. The number of nitrogens with zero attached hydrogens (tertiary/aromatic N) is 3. The molecule has 3 saturated heterocycles. The van der Waals surface area contributed by atoms with Crippen LogP contribution in [-0.2, 0) is 0 Å². The molecule has 4 aliphatic rings. The zero-order valence-electron chi connectivity index (χ0n) is 13.7. The molecule has 20 heavy (non-hydrogen) atoms. The molecule has 0 amide bonds. The number of hydrogen-bond acceptors (Lipinski definition) is 3. The fourth-order valence-electron chi connectivity index (χ4n) is 4.53. The van der Waals surface area contributed by atoms with Crippen molar-refractivity contribution in [2.24, 2.45) is 17.8 Å². The fourth-order valence-corrected chi connectivity index (χ4v) is 4.53. The van der Waals surface area contributed by atoms with Gasteiger partial charge in [-0.1, -0.05) is 13.8 Å². The van der Waals surface area contributed by atoms with Gasteiger partial charge in [0.05, 0.1) is 0 Å². The molecular weight excluding hydrogens is 246 g/mol. The molecule has 0 radical (unpaired) electrons. The quantitative estimate of drug-likeness (QED) is 0.762. The minimum Gasteiger partial charge on any atom is -0.301 e. The van der Waals surface area contributed by atoms with Crippen LogP contribution in [0.1, 0.15) is 33.6 Å². The first-order chi connectivity index (χ1) is 9.71. The average Bonchev–Trinajstić information content (AvgIpc) is 2.52. The molecule has 2 bridgehead atoms. The van der Waals surface area contributed by atoms with Crippen molar-refractivity contribution in [1.82, 2.24) is 14.7 Å². The molecule has 116 valence electrons. The second kappa shape index (κ2) is 6.33. The SMILES string of the molecule is CCC(C)N1CC2CC(C1)C2CN1CCN(CC)CC1. The Morgan fingerprint density at radius 1 is 0.950 bits per heavy atom. The van der Waals surface area contributed by atoms with E-state index >= 15 is 0 Å². The van der Waals surface area contributed by atoms with E-state index in [1.807, 2.05) is 0 Å². The Morgan fingerprint density at radius 3 is 2.10 bits per heavy atom. The van der Waals surface area contributed by atoms with Crippen molar-refractivity contribution in [2.45, 2.75) is 39.7 Å². The lowest BCUT2D eigenvalue weighted by atomic mass is 9.61. The first-order valence-electron chi connectivity index (χ1n) is 8.90. The molecule has 3 heteroatoms. The van der Waals surface area contributed by atoms with Crippen molar-refractivity contribution < 1.29 is 0 Å². The van der Waals surface area contributed by atoms with Crippen LogP contribution in [0.2, 0.25) is 0 Å². The van der Waals surface area contributed by atoms with Crippen LogP contribution in [-0.4, -0.2) is 73.1 Å². The number of rotatable bonds is 5. The fraction of sp³-hybridized carbons (Fsp3) is 1.00. The van der Waals surface area contributed by atoms with E-state index in [0.717, 1.165) is 23.8 Å². The van der Waals surface area contributed by atoms with Crippen LogP contribution in [0.3, 0.4) is 0 Å². The molecule has 0 spiro atoms. The molecule has 3 nitrogen and oxygen atoms in total. The predicted octanol–water partition coefficient (Wildman–Crippen LogP) is 1.99. The topological polar surface area (TPSA) is 9.72 Å². The van der Waals surface area contributed by atoms with Crippen LogP contribution in [0.5, 0.6) is 0 Å². The maximum atomic E-state index is 2.75. The summed E-state index contributed by atoms with van der Waals surface area (Å²) in [4.78, 5) is 8.09. The molecule has 0 aromatic heterocycles. The van der Waals surface area contributed by atoms with Crippen LogP contribution in [0.15, 0.2) is 0 Å². The van der Waals surface area contributed by atoms with Crippen LogP contribution >= 0.6 is 0 Å². The Morgan fingerprint density at radius 2 is 1.55 bits per heavy atom. The molecule has 3 heterocycles. The van der Waals surface area contributed by atoms with E-state index in [4.69, 9.17) is 0 Å². The first-order valence-corrected chi connectivity index (χ1v) is 8.90. The Balaban J connectivity index is 1.45. The van der Waals surface area contributed by atoms with Crippen LogP contribution in [0, 0.1) is 17.8 Å². The van der Waals surface area contributed by atoms with Crippen molar-refractivity contribution in [3.8, 4) is 0 Å². The van der Waals surface area contributed by atoms with E-state index in [0.29, 0.717) is 0 Å². The largest absolute Gasteiger partial charge is 0.301 e. The third-order valence-electron chi connectivity index (χ3n) is 6.35. The summed E-state index contributed by atoms with van der Waals surface area (Å²) < 4.78 is 0. The molecule has 0 aromatic carbocycles. The molecule has 3 unspecified atom stereocenters. The zero-order chi connectivity index (χ0) is 14.1. The van der Waals surface area contributed by atoms with Gasteiger partial charge < -0.3 is 14.7 Å². The smallest absolute Gasteiger partial charge is 0.0110 e. The highest BCUT2D eigenvalue weighted by Crippen LogP contribution is 2.46. The lowest BCUT2D eigenvalue weighted by Crippen LogP contribution is -2.60. The second-order valence-electron chi connectivity index (χ2n) is 7.37. The minimum absolute atomic E-state index is 0.800. The molecule has 0 N–H and O–H groups in total. The summed E-state index contributed by atoms with van der Waals surface area (Å²) in [6, 6.07) is 0.800. The van der Waals surface area contributed by atoms with Gasteiger partial charge in [0.25, 0.3) is 0 Å². The maximum absolute atomic E-state index is 2.75. The van der Waals surface area contributed by atoms with Gasteiger partial charge in [0, 0.05) is 51.9 Å². The number of fused-ring (bicyclic) bond motifs is 2. The van der Waals surface area contributed by atoms with Gasteiger partial charge in [0.2, 0.25) is 0 Å². The highest BCUT2D eigenvalue weighted by molar-refractivity contribution is 4.99. The average molecular weight is 279 g/mol. The molecule has 0 aromatic rings. The summed E-state index contributed by atoms with van der Waals surface area (Å²) in [5.41, 5.74) is 0. The van der Waals surface area contributed by atoms with Gasteiger partial charge in [-0.2, -0.15) is 0 Å².